The quantitative estimate of drug-likeness (QED) is 0.214. The van der Waals surface area contributed by atoms with Crippen molar-refractivity contribution < 1.29 is 0 Å². The minimum absolute atomic E-state index is 0.130. The van der Waals surface area contributed by atoms with Crippen LogP contribution in [0, 0.1) is 23.7 Å². The number of hydrogen-bond acceptors (Lipinski definition) is 5. The van der Waals surface area contributed by atoms with Crippen molar-refractivity contribution in [3.8, 4) is 22.6 Å². The molecule has 1 saturated carbocycles. The molecule has 0 amide bonds. The summed E-state index contributed by atoms with van der Waals surface area (Å²) >= 11 is 0. The minimum atomic E-state index is 0.130. The number of rotatable bonds is 10. The van der Waals surface area contributed by atoms with Crippen LogP contribution in [0.5, 0.6) is 0 Å². The predicted octanol–water partition coefficient (Wildman–Crippen LogP) is 6.94. The van der Waals surface area contributed by atoms with Gasteiger partial charge in [0.1, 0.15) is 0 Å². The van der Waals surface area contributed by atoms with Crippen LogP contribution in [-0.4, -0.2) is 34.7 Å². The number of unbranched alkanes of at least 4 members (excludes halogenated alkanes) is 1. The van der Waals surface area contributed by atoms with Crippen molar-refractivity contribution in [1.82, 2.24) is 34.7 Å². The summed E-state index contributed by atoms with van der Waals surface area (Å²) in [5, 5.41) is 14.5. The van der Waals surface area contributed by atoms with E-state index in [1.807, 2.05) is 41.1 Å². The number of aromatic amines is 1. The van der Waals surface area contributed by atoms with E-state index in [0.717, 1.165) is 47.3 Å². The van der Waals surface area contributed by atoms with E-state index in [1.165, 1.54) is 25.7 Å². The molecule has 1 fully saturated rings. The van der Waals surface area contributed by atoms with Crippen molar-refractivity contribution in [2.24, 2.45) is 23.7 Å². The van der Waals surface area contributed by atoms with E-state index in [2.05, 4.69) is 72.1 Å². The van der Waals surface area contributed by atoms with Crippen LogP contribution in [-0.2, 0) is 13.0 Å². The molecule has 5 rings (SSSR count). The maximum absolute atomic E-state index is 14.3. The molecule has 2 atom stereocenters. The van der Waals surface area contributed by atoms with Gasteiger partial charge in [-0.1, -0.05) is 84.2 Å². The van der Waals surface area contributed by atoms with Gasteiger partial charge in [-0.25, -0.2) is 4.79 Å². The van der Waals surface area contributed by atoms with E-state index < -0.39 is 0 Å². The third-order valence-corrected chi connectivity index (χ3v) is 9.06. The van der Waals surface area contributed by atoms with E-state index in [-0.39, 0.29) is 11.7 Å². The maximum atomic E-state index is 14.3. The fraction of sp³-hybridized carbons (Fsp3) is 0.545. The number of imidazole rings is 1. The molecule has 0 saturated heterocycles. The number of hydrogen-bond donors (Lipinski definition) is 1. The van der Waals surface area contributed by atoms with Crippen molar-refractivity contribution in [3.05, 3.63) is 70.5 Å². The summed E-state index contributed by atoms with van der Waals surface area (Å²) in [5.41, 5.74) is 4.94. The molecule has 4 aromatic rings. The molecular weight excluding hydrogens is 510 g/mol. The highest BCUT2D eigenvalue weighted by atomic mass is 16.1. The molecule has 8 nitrogen and oxygen atoms in total. The highest BCUT2D eigenvalue weighted by Gasteiger charge is 2.37. The lowest BCUT2D eigenvalue weighted by molar-refractivity contribution is 0.145. The Hall–Kier alpha value is -3.55. The van der Waals surface area contributed by atoms with Gasteiger partial charge in [-0.2, -0.15) is 5.21 Å². The minimum Gasteiger partial charge on any atom is -0.295 e. The molecule has 1 aliphatic carbocycles. The van der Waals surface area contributed by atoms with Gasteiger partial charge < -0.3 is 0 Å². The van der Waals surface area contributed by atoms with Gasteiger partial charge in [0.05, 0.1) is 12.2 Å². The molecule has 1 N–H and O–H groups in total. The molecule has 2 unspecified atom stereocenters. The maximum Gasteiger partial charge on any atom is 0.328 e. The average molecular weight is 556 g/mol. The molecule has 0 aliphatic heterocycles. The van der Waals surface area contributed by atoms with Gasteiger partial charge in [-0.05, 0) is 66.2 Å². The van der Waals surface area contributed by atoms with Crippen LogP contribution >= 0.6 is 0 Å². The van der Waals surface area contributed by atoms with Gasteiger partial charge in [0.2, 0.25) is 5.82 Å². The first kappa shape index (κ1) is 29.0. The van der Waals surface area contributed by atoms with E-state index in [0.29, 0.717) is 36.0 Å². The molecule has 41 heavy (non-hydrogen) atoms. The topological polar surface area (TPSA) is 94.3 Å². The van der Waals surface area contributed by atoms with Gasteiger partial charge in [0, 0.05) is 35.3 Å². The standard InChI is InChI=1S/C33H45N7O/c1-6-7-12-25-21-40(31-26(22(2)3)13-8-9-14-27(31)23(4)5)33(41)39(25)20-24-17-18-30(34-19-24)28-15-10-11-16-29(28)32-35-37-38-36-32/h10-11,15-19,21-23,26-27,31H,6-9,12-14,20H2,1-5H3,(H,35,36,37,38). The lowest BCUT2D eigenvalue weighted by Crippen LogP contribution is -2.38. The van der Waals surface area contributed by atoms with E-state index in [4.69, 9.17) is 4.98 Å². The number of pyridine rings is 1. The SMILES string of the molecule is CCCCc1cn(C2C(C(C)C)CCCCC2C(C)C)c(=O)n1Cc1ccc(-c2ccccc2-c2nn[nH]n2)nc1. The second-order valence-electron chi connectivity index (χ2n) is 12.4. The number of H-pyrrole nitrogens is 1. The first-order valence-electron chi connectivity index (χ1n) is 15.5. The molecule has 1 aromatic carbocycles. The summed E-state index contributed by atoms with van der Waals surface area (Å²) in [7, 11) is 0. The Kier molecular flexibility index (Phi) is 9.15. The predicted molar refractivity (Wildman–Crippen MR) is 163 cm³/mol. The molecule has 1 aliphatic rings. The van der Waals surface area contributed by atoms with Crippen LogP contribution in [0.1, 0.15) is 90.4 Å². The van der Waals surface area contributed by atoms with Crippen LogP contribution in [0.25, 0.3) is 22.6 Å². The summed E-state index contributed by atoms with van der Waals surface area (Å²) in [4.78, 5) is 19.1. The second kappa shape index (κ2) is 13.0. The molecule has 8 heteroatoms. The molecule has 0 bridgehead atoms. The molecular formula is C33H45N7O. The Morgan fingerprint density at radius 1 is 0.976 bits per heavy atom. The summed E-state index contributed by atoms with van der Waals surface area (Å²) < 4.78 is 4.16. The summed E-state index contributed by atoms with van der Waals surface area (Å²) in [6.45, 7) is 12.1. The van der Waals surface area contributed by atoms with Gasteiger partial charge >= 0.3 is 5.69 Å². The number of nitrogens with one attached hydrogen (secondary N) is 1. The lowest BCUT2D eigenvalue weighted by atomic mass is 9.76. The van der Waals surface area contributed by atoms with Gasteiger partial charge in [0.15, 0.2) is 0 Å². The summed E-state index contributed by atoms with van der Waals surface area (Å²) in [6.07, 6.45) is 12.1. The molecule has 0 radical (unpaired) electrons. The smallest absolute Gasteiger partial charge is 0.295 e. The largest absolute Gasteiger partial charge is 0.328 e. The fourth-order valence-corrected chi connectivity index (χ4v) is 6.81. The highest BCUT2D eigenvalue weighted by Crippen LogP contribution is 2.43. The van der Waals surface area contributed by atoms with Crippen LogP contribution in [0.15, 0.2) is 53.6 Å². The zero-order chi connectivity index (χ0) is 28.9. The second-order valence-corrected chi connectivity index (χ2v) is 12.4. The zero-order valence-corrected chi connectivity index (χ0v) is 25.3. The summed E-state index contributed by atoms with van der Waals surface area (Å²) in [5.74, 6) is 2.65. The zero-order valence-electron chi connectivity index (χ0n) is 25.3. The van der Waals surface area contributed by atoms with E-state index in [1.54, 1.807) is 0 Å². The van der Waals surface area contributed by atoms with Crippen molar-refractivity contribution >= 4 is 0 Å². The Morgan fingerprint density at radius 3 is 2.27 bits per heavy atom. The Morgan fingerprint density at radius 2 is 1.68 bits per heavy atom. The molecule has 3 heterocycles. The van der Waals surface area contributed by atoms with Crippen LogP contribution < -0.4 is 5.69 Å². The Balaban J connectivity index is 1.49. The summed E-state index contributed by atoms with van der Waals surface area (Å²) in [6, 6.07) is 12.3. The average Bonchev–Trinajstić information content (AvgIpc) is 3.54. The van der Waals surface area contributed by atoms with Crippen molar-refractivity contribution in [1.29, 1.82) is 0 Å². The first-order valence-corrected chi connectivity index (χ1v) is 15.5. The van der Waals surface area contributed by atoms with Crippen molar-refractivity contribution in [2.75, 3.05) is 0 Å². The third-order valence-electron chi connectivity index (χ3n) is 9.06. The lowest BCUT2D eigenvalue weighted by Gasteiger charge is -2.36. The number of benzene rings is 1. The monoisotopic (exact) mass is 555 g/mol. The van der Waals surface area contributed by atoms with Gasteiger partial charge in [-0.15, -0.1) is 10.2 Å². The Labute approximate surface area is 243 Å². The number of tetrazole rings is 1. The van der Waals surface area contributed by atoms with E-state index >= 15 is 0 Å². The van der Waals surface area contributed by atoms with Gasteiger partial charge in [-0.3, -0.25) is 14.1 Å². The van der Waals surface area contributed by atoms with Crippen molar-refractivity contribution in [2.45, 2.75) is 92.2 Å². The first-order chi connectivity index (χ1) is 19.9. The fourth-order valence-electron chi connectivity index (χ4n) is 6.81. The van der Waals surface area contributed by atoms with Gasteiger partial charge in [0.25, 0.3) is 0 Å². The molecule has 218 valence electrons. The van der Waals surface area contributed by atoms with E-state index in [9.17, 15) is 4.79 Å². The molecule has 0 spiro atoms. The molecule has 3 aromatic heterocycles. The van der Waals surface area contributed by atoms with Crippen molar-refractivity contribution in [3.63, 3.8) is 0 Å². The normalized spacial score (nSPS) is 19.6. The Bertz CT molecular complexity index is 1430. The number of nitrogens with zero attached hydrogens (tertiary/aromatic N) is 6. The number of aromatic nitrogens is 7. The van der Waals surface area contributed by atoms with Crippen LogP contribution in [0.3, 0.4) is 0 Å². The van der Waals surface area contributed by atoms with Crippen LogP contribution in [0.4, 0.5) is 0 Å². The third kappa shape index (κ3) is 6.21. The highest BCUT2D eigenvalue weighted by molar-refractivity contribution is 5.78. The number of aryl methyl sites for hydroxylation is 1. The van der Waals surface area contributed by atoms with Crippen LogP contribution in [0.2, 0.25) is 0 Å².